The predicted molar refractivity (Wildman–Crippen MR) is 138 cm³/mol. The molecular formula is C26H24N6S. The van der Waals surface area contributed by atoms with Gasteiger partial charge in [0, 0.05) is 50.9 Å². The zero-order valence-electron chi connectivity index (χ0n) is 18.8. The minimum Gasteiger partial charge on any atom is -0.352 e. The van der Waals surface area contributed by atoms with E-state index in [0.29, 0.717) is 0 Å². The Labute approximate surface area is 195 Å². The number of allylic oxidation sites excluding steroid dienone is 2. The Morgan fingerprint density at radius 1 is 1.18 bits per heavy atom. The Kier molecular flexibility index (Phi) is 5.18. The topological polar surface area (TPSA) is 75.2 Å². The number of fused-ring (bicyclic) bond motifs is 1. The molecule has 0 bridgehead atoms. The number of aryl methyl sites for hydroxylation is 1. The Hall–Kier alpha value is -3.97. The van der Waals surface area contributed by atoms with Crippen LogP contribution in [0.1, 0.15) is 24.3 Å². The highest BCUT2D eigenvalue weighted by Gasteiger charge is 2.14. The van der Waals surface area contributed by atoms with E-state index in [2.05, 4.69) is 56.6 Å². The van der Waals surface area contributed by atoms with Crippen molar-refractivity contribution < 1.29 is 0 Å². The number of hydrogen-bond acceptors (Lipinski definition) is 4. The van der Waals surface area contributed by atoms with E-state index in [9.17, 15) is 0 Å². The van der Waals surface area contributed by atoms with Crippen molar-refractivity contribution in [3.05, 3.63) is 77.2 Å². The molecule has 0 aliphatic carbocycles. The van der Waals surface area contributed by atoms with E-state index >= 15 is 0 Å². The van der Waals surface area contributed by atoms with Crippen LogP contribution >= 0.6 is 11.3 Å². The number of H-pyrrole nitrogens is 2. The first-order chi connectivity index (χ1) is 15.9. The lowest BCUT2D eigenvalue weighted by atomic mass is 10.1. The molecular weight excluding hydrogens is 428 g/mol. The largest absolute Gasteiger partial charge is 0.352 e. The Morgan fingerprint density at radius 3 is 2.73 bits per heavy atom. The van der Waals surface area contributed by atoms with Crippen molar-refractivity contribution in [2.75, 3.05) is 0 Å². The van der Waals surface area contributed by atoms with Gasteiger partial charge in [-0.25, -0.2) is 0 Å². The van der Waals surface area contributed by atoms with Crippen molar-refractivity contribution in [3.8, 4) is 21.8 Å². The van der Waals surface area contributed by atoms with E-state index in [1.54, 1.807) is 16.0 Å². The van der Waals surface area contributed by atoms with Gasteiger partial charge in [-0.1, -0.05) is 19.2 Å². The number of aromatic nitrogens is 6. The van der Waals surface area contributed by atoms with Crippen molar-refractivity contribution in [2.24, 2.45) is 7.05 Å². The fourth-order valence-electron chi connectivity index (χ4n) is 3.87. The molecule has 5 aromatic rings. The standard InChI is InChI=1S/C26H24N6S/c1-6-21-19(9-16(4)17-11-28-32(5)14-17)26(31-30-21)22-10-18-20(12-27-13-23(18)29-22)25-8-7-24(33-25)15(2)3/h6-14,29-30H,2,4H2,1,3,5H3/b19-9+,21-6+. The Morgan fingerprint density at radius 2 is 2.03 bits per heavy atom. The first-order valence-corrected chi connectivity index (χ1v) is 11.4. The molecule has 0 amide bonds. The molecule has 0 aromatic carbocycles. The van der Waals surface area contributed by atoms with Crippen LogP contribution in [0.3, 0.4) is 0 Å². The highest BCUT2D eigenvalue weighted by atomic mass is 32.1. The average Bonchev–Trinajstić information content (AvgIpc) is 3.58. The monoisotopic (exact) mass is 452 g/mol. The third-order valence-corrected chi connectivity index (χ3v) is 6.89. The molecule has 5 aromatic heterocycles. The van der Waals surface area contributed by atoms with Gasteiger partial charge >= 0.3 is 0 Å². The van der Waals surface area contributed by atoms with Crippen molar-refractivity contribution in [1.82, 2.24) is 29.9 Å². The summed E-state index contributed by atoms with van der Waals surface area (Å²) >= 11 is 1.73. The number of nitrogens with zero attached hydrogens (tertiary/aromatic N) is 4. The van der Waals surface area contributed by atoms with Gasteiger partial charge in [0.1, 0.15) is 5.69 Å². The van der Waals surface area contributed by atoms with Gasteiger partial charge in [0.05, 0.1) is 29.0 Å². The first-order valence-electron chi connectivity index (χ1n) is 10.6. The third kappa shape index (κ3) is 3.76. The zero-order chi connectivity index (χ0) is 23.1. The van der Waals surface area contributed by atoms with E-state index in [4.69, 9.17) is 0 Å². The number of hydrogen-bond donors (Lipinski definition) is 2. The van der Waals surface area contributed by atoms with Crippen LogP contribution in [0.25, 0.3) is 56.0 Å². The average molecular weight is 453 g/mol. The van der Waals surface area contributed by atoms with Crippen LogP contribution < -0.4 is 10.6 Å². The molecule has 7 heteroatoms. The van der Waals surface area contributed by atoms with Crippen molar-refractivity contribution in [1.29, 1.82) is 0 Å². The molecule has 0 saturated carbocycles. The number of aromatic amines is 2. The van der Waals surface area contributed by atoms with Crippen LogP contribution in [-0.4, -0.2) is 29.9 Å². The molecule has 5 rings (SSSR count). The predicted octanol–water partition coefficient (Wildman–Crippen LogP) is 4.74. The Balaban J connectivity index is 1.65. The fourth-order valence-corrected chi connectivity index (χ4v) is 4.82. The number of rotatable bonds is 5. The summed E-state index contributed by atoms with van der Waals surface area (Å²) in [6.45, 7) is 12.3. The normalized spacial score (nSPS) is 12.7. The summed E-state index contributed by atoms with van der Waals surface area (Å²) in [7, 11) is 1.90. The quantitative estimate of drug-likeness (QED) is 0.404. The molecule has 2 N–H and O–H groups in total. The van der Waals surface area contributed by atoms with Gasteiger partial charge in [0.25, 0.3) is 0 Å². The van der Waals surface area contributed by atoms with E-state index in [1.807, 2.05) is 57.8 Å². The molecule has 0 atom stereocenters. The van der Waals surface area contributed by atoms with Crippen LogP contribution in [0.2, 0.25) is 0 Å². The van der Waals surface area contributed by atoms with E-state index in [1.165, 1.54) is 4.88 Å². The molecule has 5 heterocycles. The highest BCUT2D eigenvalue weighted by Crippen LogP contribution is 2.36. The van der Waals surface area contributed by atoms with Crippen LogP contribution in [0, 0.1) is 0 Å². The molecule has 0 unspecified atom stereocenters. The van der Waals surface area contributed by atoms with E-state index in [0.717, 1.165) is 60.0 Å². The Bertz CT molecular complexity index is 1640. The summed E-state index contributed by atoms with van der Waals surface area (Å²) < 4.78 is 1.77. The second-order valence-corrected chi connectivity index (χ2v) is 9.12. The summed E-state index contributed by atoms with van der Waals surface area (Å²) in [4.78, 5) is 10.3. The van der Waals surface area contributed by atoms with Gasteiger partial charge in [-0.05, 0) is 49.3 Å². The van der Waals surface area contributed by atoms with Crippen LogP contribution in [0.5, 0.6) is 0 Å². The van der Waals surface area contributed by atoms with Gasteiger partial charge in [-0.2, -0.15) is 10.2 Å². The number of thiophene rings is 1. The zero-order valence-corrected chi connectivity index (χ0v) is 19.6. The summed E-state index contributed by atoms with van der Waals surface area (Å²) in [6.07, 6.45) is 11.6. The van der Waals surface area contributed by atoms with E-state index < -0.39 is 0 Å². The maximum atomic E-state index is 4.62. The van der Waals surface area contributed by atoms with Crippen molar-refractivity contribution in [2.45, 2.75) is 13.8 Å². The fraction of sp³-hybridized carbons (Fsp3) is 0.115. The lowest BCUT2D eigenvalue weighted by Gasteiger charge is -1.99. The summed E-state index contributed by atoms with van der Waals surface area (Å²) in [5, 5.41) is 15.1. The second kappa shape index (κ2) is 8.18. The lowest BCUT2D eigenvalue weighted by molar-refractivity contribution is 0.767. The summed E-state index contributed by atoms with van der Waals surface area (Å²) in [5.41, 5.74) is 6.73. The molecule has 0 fully saturated rings. The van der Waals surface area contributed by atoms with E-state index in [-0.39, 0.29) is 0 Å². The molecule has 33 heavy (non-hydrogen) atoms. The van der Waals surface area contributed by atoms with Crippen LogP contribution in [-0.2, 0) is 7.05 Å². The molecule has 0 radical (unpaired) electrons. The molecule has 164 valence electrons. The van der Waals surface area contributed by atoms with Crippen LogP contribution in [0.4, 0.5) is 0 Å². The van der Waals surface area contributed by atoms with Gasteiger partial charge in [0.2, 0.25) is 0 Å². The second-order valence-electron chi connectivity index (χ2n) is 8.04. The number of pyridine rings is 1. The molecule has 6 nitrogen and oxygen atoms in total. The SMILES string of the molecule is C=C(/C=c1/c(-c2cc3c(-c4ccc(C(=C)C)s4)cncc3[nH]2)n[nH]/c1=C/C)c1cnn(C)c1. The smallest absolute Gasteiger partial charge is 0.116 e. The maximum absolute atomic E-state index is 4.62. The molecule has 0 aliphatic heterocycles. The minimum absolute atomic E-state index is 0.837. The summed E-state index contributed by atoms with van der Waals surface area (Å²) in [6, 6.07) is 6.39. The van der Waals surface area contributed by atoms with Gasteiger partial charge in [-0.15, -0.1) is 11.3 Å². The van der Waals surface area contributed by atoms with Gasteiger partial charge in [-0.3, -0.25) is 14.8 Å². The lowest BCUT2D eigenvalue weighted by Crippen LogP contribution is -2.23. The van der Waals surface area contributed by atoms with Gasteiger partial charge < -0.3 is 4.98 Å². The summed E-state index contributed by atoms with van der Waals surface area (Å²) in [5.74, 6) is 0. The minimum atomic E-state index is 0.837. The molecule has 0 spiro atoms. The van der Waals surface area contributed by atoms with Crippen LogP contribution in [0.15, 0.2) is 56.1 Å². The third-order valence-electron chi connectivity index (χ3n) is 5.61. The molecule has 0 saturated heterocycles. The van der Waals surface area contributed by atoms with Gasteiger partial charge in [0.15, 0.2) is 0 Å². The molecule has 0 aliphatic rings. The van der Waals surface area contributed by atoms with Crippen molar-refractivity contribution >= 4 is 45.5 Å². The van der Waals surface area contributed by atoms with Crippen molar-refractivity contribution in [3.63, 3.8) is 0 Å². The first kappa shape index (κ1) is 20.9. The maximum Gasteiger partial charge on any atom is 0.116 e. The number of nitrogens with one attached hydrogen (secondary N) is 2. The highest BCUT2D eigenvalue weighted by molar-refractivity contribution is 7.16.